The van der Waals surface area contributed by atoms with Crippen LogP contribution in [0, 0.1) is 5.41 Å². The van der Waals surface area contributed by atoms with Crippen LogP contribution in [-0.4, -0.2) is 20.9 Å². The van der Waals surface area contributed by atoms with E-state index in [2.05, 4.69) is 18.9 Å². The third-order valence-corrected chi connectivity index (χ3v) is 4.31. The van der Waals surface area contributed by atoms with Crippen molar-refractivity contribution in [3.05, 3.63) is 18.0 Å². The molecular weight excluding hydrogens is 240 g/mol. The predicted molar refractivity (Wildman–Crippen MR) is 76.2 cm³/mol. The van der Waals surface area contributed by atoms with Gasteiger partial charge in [-0.15, -0.1) is 0 Å². The molecule has 1 N–H and O–H groups in total. The van der Waals surface area contributed by atoms with E-state index in [1.165, 1.54) is 0 Å². The van der Waals surface area contributed by atoms with Crippen molar-refractivity contribution in [1.82, 2.24) is 9.78 Å². The highest BCUT2D eigenvalue weighted by atomic mass is 16.4. The summed E-state index contributed by atoms with van der Waals surface area (Å²) in [5.74, 6) is -0.713. The minimum absolute atomic E-state index is 0.413. The van der Waals surface area contributed by atoms with E-state index in [-0.39, 0.29) is 0 Å². The maximum absolute atomic E-state index is 11.5. The molecule has 0 unspecified atom stereocenters. The molecule has 4 nitrogen and oxygen atoms in total. The van der Waals surface area contributed by atoms with Crippen LogP contribution in [0.3, 0.4) is 0 Å². The van der Waals surface area contributed by atoms with E-state index in [1.807, 2.05) is 30.8 Å². The van der Waals surface area contributed by atoms with Crippen LogP contribution >= 0.6 is 0 Å². The quantitative estimate of drug-likeness (QED) is 0.781. The molecule has 0 saturated heterocycles. The first-order valence-corrected chi connectivity index (χ1v) is 7.30. The molecule has 1 aromatic rings. The third kappa shape index (κ3) is 3.37. The number of rotatable bonds is 8. The van der Waals surface area contributed by atoms with Gasteiger partial charge in [-0.05, 0) is 31.7 Å². The first-order chi connectivity index (χ1) is 9.02. The number of hydrogen-bond acceptors (Lipinski definition) is 2. The Kier molecular flexibility index (Phi) is 5.58. The van der Waals surface area contributed by atoms with Gasteiger partial charge >= 0.3 is 5.97 Å². The van der Waals surface area contributed by atoms with E-state index < -0.39 is 11.4 Å². The van der Waals surface area contributed by atoms with Crippen LogP contribution in [0.4, 0.5) is 0 Å². The normalized spacial score (nSPS) is 12.1. The van der Waals surface area contributed by atoms with Gasteiger partial charge in [-0.1, -0.05) is 27.7 Å². The molecular formula is C15H26N2O2. The molecule has 4 heteroatoms. The van der Waals surface area contributed by atoms with Gasteiger partial charge in [0.1, 0.15) is 0 Å². The Labute approximate surface area is 115 Å². The summed E-state index contributed by atoms with van der Waals surface area (Å²) in [5.41, 5.74) is 0.214. The van der Waals surface area contributed by atoms with Gasteiger partial charge in [0.05, 0.1) is 17.2 Å². The van der Waals surface area contributed by atoms with E-state index in [0.29, 0.717) is 25.3 Å². The number of aliphatic carboxylic acids is 1. The second-order valence-corrected chi connectivity index (χ2v) is 5.23. The van der Waals surface area contributed by atoms with E-state index in [1.54, 1.807) is 0 Å². The summed E-state index contributed by atoms with van der Waals surface area (Å²) in [6.45, 7) is 8.18. The molecule has 0 amide bonds. The van der Waals surface area contributed by atoms with Crippen LogP contribution in [0.1, 0.15) is 65.1 Å². The summed E-state index contributed by atoms with van der Waals surface area (Å²) in [4.78, 5) is 11.5. The SMILES string of the molecule is CCC(CC)n1ccc(CC(CC)(CC)C(=O)O)n1. The van der Waals surface area contributed by atoms with Crippen LogP contribution in [0.5, 0.6) is 0 Å². The first kappa shape index (κ1) is 15.7. The minimum atomic E-state index is -0.713. The second-order valence-electron chi connectivity index (χ2n) is 5.23. The van der Waals surface area contributed by atoms with Gasteiger partial charge in [-0.25, -0.2) is 0 Å². The van der Waals surface area contributed by atoms with Crippen molar-refractivity contribution < 1.29 is 9.90 Å². The van der Waals surface area contributed by atoms with Crippen molar-refractivity contribution in [2.45, 2.75) is 65.8 Å². The number of carbonyl (C=O) groups is 1. The van der Waals surface area contributed by atoms with Crippen molar-refractivity contribution in [2.75, 3.05) is 0 Å². The number of hydrogen-bond donors (Lipinski definition) is 1. The summed E-state index contributed by atoms with van der Waals surface area (Å²) >= 11 is 0. The Hall–Kier alpha value is -1.32. The van der Waals surface area contributed by atoms with E-state index in [0.717, 1.165) is 18.5 Å². The lowest BCUT2D eigenvalue weighted by Gasteiger charge is -2.25. The molecule has 0 spiro atoms. The molecule has 0 saturated carbocycles. The van der Waals surface area contributed by atoms with Crippen molar-refractivity contribution >= 4 is 5.97 Å². The van der Waals surface area contributed by atoms with E-state index in [4.69, 9.17) is 0 Å². The highest BCUT2D eigenvalue weighted by molar-refractivity contribution is 5.74. The summed E-state index contributed by atoms with van der Waals surface area (Å²) in [5, 5.41) is 14.0. The lowest BCUT2D eigenvalue weighted by atomic mass is 9.78. The number of carboxylic acids is 1. The molecule has 0 aromatic carbocycles. The average Bonchev–Trinajstić information content (AvgIpc) is 2.85. The molecule has 19 heavy (non-hydrogen) atoms. The molecule has 0 bridgehead atoms. The highest BCUT2D eigenvalue weighted by Gasteiger charge is 2.35. The van der Waals surface area contributed by atoms with Gasteiger partial charge in [0.25, 0.3) is 0 Å². The van der Waals surface area contributed by atoms with Gasteiger partial charge in [0, 0.05) is 12.6 Å². The highest BCUT2D eigenvalue weighted by Crippen LogP contribution is 2.31. The zero-order valence-electron chi connectivity index (χ0n) is 12.5. The van der Waals surface area contributed by atoms with Gasteiger partial charge in [0.2, 0.25) is 0 Å². The fraction of sp³-hybridized carbons (Fsp3) is 0.733. The maximum Gasteiger partial charge on any atom is 0.310 e. The minimum Gasteiger partial charge on any atom is -0.481 e. The molecule has 1 aromatic heterocycles. The second kappa shape index (κ2) is 6.73. The molecule has 0 fully saturated rings. The standard InChI is InChI=1S/C15H26N2O2/c1-5-13(6-2)17-10-9-12(16-17)11-15(7-3,8-4)14(18)19/h9-10,13H,5-8,11H2,1-4H3,(H,18,19). The number of aromatic nitrogens is 2. The van der Waals surface area contributed by atoms with Crippen LogP contribution in [0.25, 0.3) is 0 Å². The molecule has 1 heterocycles. The first-order valence-electron chi connectivity index (χ1n) is 7.30. The smallest absolute Gasteiger partial charge is 0.310 e. The largest absolute Gasteiger partial charge is 0.481 e. The van der Waals surface area contributed by atoms with Gasteiger partial charge in [-0.3, -0.25) is 9.48 Å². The topological polar surface area (TPSA) is 55.1 Å². The monoisotopic (exact) mass is 266 g/mol. The predicted octanol–water partition coefficient (Wildman–Crippen LogP) is 3.68. The zero-order valence-corrected chi connectivity index (χ0v) is 12.5. The van der Waals surface area contributed by atoms with E-state index in [9.17, 15) is 9.90 Å². The van der Waals surface area contributed by atoms with Crippen molar-refractivity contribution in [3.63, 3.8) is 0 Å². The van der Waals surface area contributed by atoms with Crippen LogP contribution in [0.15, 0.2) is 12.3 Å². The third-order valence-electron chi connectivity index (χ3n) is 4.31. The Morgan fingerprint density at radius 3 is 2.32 bits per heavy atom. The van der Waals surface area contributed by atoms with Crippen LogP contribution in [0.2, 0.25) is 0 Å². The lowest BCUT2D eigenvalue weighted by molar-refractivity contribution is -0.149. The lowest BCUT2D eigenvalue weighted by Crippen LogP contribution is -2.32. The Morgan fingerprint density at radius 1 is 1.32 bits per heavy atom. The van der Waals surface area contributed by atoms with Gasteiger partial charge in [-0.2, -0.15) is 5.10 Å². The fourth-order valence-electron chi connectivity index (χ4n) is 2.56. The van der Waals surface area contributed by atoms with Gasteiger partial charge < -0.3 is 5.11 Å². The number of nitrogens with zero attached hydrogens (tertiary/aromatic N) is 2. The molecule has 0 radical (unpaired) electrons. The molecule has 0 aliphatic heterocycles. The summed E-state index contributed by atoms with van der Waals surface area (Å²) < 4.78 is 1.98. The van der Waals surface area contributed by atoms with Crippen LogP contribution < -0.4 is 0 Å². The Balaban J connectivity index is 2.90. The Morgan fingerprint density at radius 2 is 1.89 bits per heavy atom. The molecule has 108 valence electrons. The van der Waals surface area contributed by atoms with Crippen molar-refractivity contribution in [2.24, 2.45) is 5.41 Å². The van der Waals surface area contributed by atoms with Crippen molar-refractivity contribution in [1.29, 1.82) is 0 Å². The summed E-state index contributed by atoms with van der Waals surface area (Å²) in [6.07, 6.45) is 5.85. The Bertz CT molecular complexity index is 404. The fourth-order valence-corrected chi connectivity index (χ4v) is 2.56. The average molecular weight is 266 g/mol. The summed E-state index contributed by atoms with van der Waals surface area (Å²) in [6, 6.07) is 2.37. The zero-order chi connectivity index (χ0) is 14.5. The molecule has 0 atom stereocenters. The molecule has 0 aliphatic rings. The summed E-state index contributed by atoms with van der Waals surface area (Å²) in [7, 11) is 0. The maximum atomic E-state index is 11.5. The number of carboxylic acid groups (broad SMARTS) is 1. The van der Waals surface area contributed by atoms with Crippen molar-refractivity contribution in [3.8, 4) is 0 Å². The van der Waals surface area contributed by atoms with Crippen LogP contribution in [-0.2, 0) is 11.2 Å². The van der Waals surface area contributed by atoms with Gasteiger partial charge in [0.15, 0.2) is 0 Å². The van der Waals surface area contributed by atoms with E-state index >= 15 is 0 Å². The molecule has 0 aliphatic carbocycles. The molecule has 1 rings (SSSR count).